The molecule has 1 aliphatic carbocycles. The van der Waals surface area contributed by atoms with E-state index in [0.717, 1.165) is 30.8 Å². The molecule has 0 fully saturated rings. The standard InChI is InChI=1S/C42H52O4/c1-9-40(4,5)32-16-22-36-37-23-17-33(41(6,10-2)11-3)29-39(37)42(38(36)28-32,30-12-18-34(19-13-30)45-26-24-43-7)31-14-20-35(21-15-31)46-27-25-44-8/h12-23,28-29H,9-11,24-27H2,1-8H3. The minimum atomic E-state index is -0.529. The average molecular weight is 621 g/mol. The first-order chi connectivity index (χ1) is 22.2. The third-order valence-electron chi connectivity index (χ3n) is 10.7. The predicted octanol–water partition coefficient (Wildman–Crippen LogP) is 9.87. The fourth-order valence-electron chi connectivity index (χ4n) is 6.86. The van der Waals surface area contributed by atoms with Gasteiger partial charge in [0.25, 0.3) is 0 Å². The van der Waals surface area contributed by atoms with Gasteiger partial charge in [0, 0.05) is 14.2 Å². The molecule has 5 rings (SSSR count). The molecule has 0 spiro atoms. The van der Waals surface area contributed by atoms with E-state index in [-0.39, 0.29) is 10.8 Å². The Morgan fingerprint density at radius 2 is 0.957 bits per heavy atom. The maximum atomic E-state index is 6.02. The summed E-state index contributed by atoms with van der Waals surface area (Å²) in [7, 11) is 3.40. The molecule has 1 aliphatic rings. The van der Waals surface area contributed by atoms with E-state index in [1.807, 2.05) is 0 Å². The molecule has 4 aromatic rings. The van der Waals surface area contributed by atoms with Crippen molar-refractivity contribution in [2.45, 2.75) is 77.0 Å². The van der Waals surface area contributed by atoms with Gasteiger partial charge in [-0.2, -0.15) is 0 Å². The van der Waals surface area contributed by atoms with Crippen molar-refractivity contribution in [2.24, 2.45) is 0 Å². The lowest BCUT2D eigenvalue weighted by molar-refractivity contribution is 0.146. The quantitative estimate of drug-likeness (QED) is 0.109. The first-order valence-corrected chi connectivity index (χ1v) is 16.9. The second-order valence-electron chi connectivity index (χ2n) is 13.5. The van der Waals surface area contributed by atoms with E-state index in [9.17, 15) is 0 Å². The molecule has 0 saturated heterocycles. The van der Waals surface area contributed by atoms with E-state index in [0.29, 0.717) is 26.4 Å². The average Bonchev–Trinajstić information content (AvgIpc) is 3.38. The van der Waals surface area contributed by atoms with E-state index in [1.54, 1.807) is 14.2 Å². The van der Waals surface area contributed by atoms with Crippen molar-refractivity contribution in [1.82, 2.24) is 0 Å². The Morgan fingerprint density at radius 3 is 1.37 bits per heavy atom. The van der Waals surface area contributed by atoms with Crippen LogP contribution in [0, 0.1) is 0 Å². The van der Waals surface area contributed by atoms with Crippen molar-refractivity contribution in [3.8, 4) is 22.6 Å². The highest BCUT2D eigenvalue weighted by Crippen LogP contribution is 2.58. The smallest absolute Gasteiger partial charge is 0.119 e. The molecule has 0 atom stereocenters. The Balaban J connectivity index is 1.81. The minimum Gasteiger partial charge on any atom is -0.491 e. The fourth-order valence-corrected chi connectivity index (χ4v) is 6.86. The zero-order valence-electron chi connectivity index (χ0n) is 29.2. The normalized spacial score (nSPS) is 13.7. The molecule has 0 bridgehead atoms. The van der Waals surface area contributed by atoms with Crippen LogP contribution < -0.4 is 9.47 Å². The second kappa shape index (κ2) is 14.0. The second-order valence-corrected chi connectivity index (χ2v) is 13.5. The molecule has 4 heteroatoms. The van der Waals surface area contributed by atoms with Crippen molar-refractivity contribution >= 4 is 0 Å². The van der Waals surface area contributed by atoms with Gasteiger partial charge in [-0.25, -0.2) is 0 Å². The van der Waals surface area contributed by atoms with E-state index < -0.39 is 5.41 Å². The summed E-state index contributed by atoms with van der Waals surface area (Å²) >= 11 is 0. The van der Waals surface area contributed by atoms with Crippen molar-refractivity contribution in [3.05, 3.63) is 118 Å². The zero-order chi connectivity index (χ0) is 33.0. The highest BCUT2D eigenvalue weighted by atomic mass is 16.5. The summed E-state index contributed by atoms with van der Waals surface area (Å²) in [6.45, 7) is 16.1. The molecule has 244 valence electrons. The summed E-state index contributed by atoms with van der Waals surface area (Å²) in [5.41, 5.74) is 10.1. The lowest BCUT2D eigenvalue weighted by Gasteiger charge is -2.36. The van der Waals surface area contributed by atoms with Crippen LogP contribution in [-0.2, 0) is 25.7 Å². The molecule has 0 unspecified atom stereocenters. The van der Waals surface area contributed by atoms with E-state index in [2.05, 4.69) is 126 Å². The van der Waals surface area contributed by atoms with Gasteiger partial charge >= 0.3 is 0 Å². The van der Waals surface area contributed by atoms with Gasteiger partial charge in [-0.3, -0.25) is 0 Å². The third kappa shape index (κ3) is 6.10. The zero-order valence-corrected chi connectivity index (χ0v) is 29.2. The molecule has 0 heterocycles. The highest BCUT2D eigenvalue weighted by molar-refractivity contribution is 5.87. The summed E-state index contributed by atoms with van der Waals surface area (Å²) < 4.78 is 22.5. The minimum absolute atomic E-state index is 0.0434. The van der Waals surface area contributed by atoms with Crippen LogP contribution in [0.4, 0.5) is 0 Å². The van der Waals surface area contributed by atoms with Gasteiger partial charge in [-0.15, -0.1) is 0 Å². The Kier molecular flexibility index (Phi) is 10.3. The number of hydrogen-bond acceptors (Lipinski definition) is 4. The lowest BCUT2D eigenvalue weighted by atomic mass is 9.66. The number of benzene rings is 4. The first kappa shape index (κ1) is 33.8. The van der Waals surface area contributed by atoms with E-state index >= 15 is 0 Å². The van der Waals surface area contributed by atoms with Crippen LogP contribution in [0.5, 0.6) is 11.5 Å². The van der Waals surface area contributed by atoms with Gasteiger partial charge < -0.3 is 18.9 Å². The van der Waals surface area contributed by atoms with Crippen LogP contribution in [0.25, 0.3) is 11.1 Å². The van der Waals surface area contributed by atoms with Crippen molar-refractivity contribution < 1.29 is 18.9 Å². The third-order valence-corrected chi connectivity index (χ3v) is 10.7. The summed E-state index contributed by atoms with van der Waals surface area (Å²) in [5, 5.41) is 0. The maximum absolute atomic E-state index is 6.02. The molecule has 4 nitrogen and oxygen atoms in total. The lowest BCUT2D eigenvalue weighted by Crippen LogP contribution is -2.30. The molecular weight excluding hydrogens is 568 g/mol. The fraction of sp³-hybridized carbons (Fsp3) is 0.429. The number of fused-ring (bicyclic) bond motifs is 3. The van der Waals surface area contributed by atoms with Crippen molar-refractivity contribution in [1.29, 1.82) is 0 Å². The topological polar surface area (TPSA) is 36.9 Å². The van der Waals surface area contributed by atoms with Crippen molar-refractivity contribution in [3.63, 3.8) is 0 Å². The summed E-state index contributed by atoms with van der Waals surface area (Å²) in [6, 6.07) is 31.9. The maximum Gasteiger partial charge on any atom is 0.119 e. The first-order valence-electron chi connectivity index (χ1n) is 16.9. The number of hydrogen-bond donors (Lipinski definition) is 0. The Morgan fingerprint density at radius 1 is 0.522 bits per heavy atom. The monoisotopic (exact) mass is 620 g/mol. The van der Waals surface area contributed by atoms with Crippen LogP contribution in [0.3, 0.4) is 0 Å². The summed E-state index contributed by atoms with van der Waals surface area (Å²) in [4.78, 5) is 0. The molecule has 0 aromatic heterocycles. The van der Waals surface area contributed by atoms with Gasteiger partial charge in [0.1, 0.15) is 24.7 Å². The molecular formula is C42H52O4. The number of ether oxygens (including phenoxy) is 4. The molecule has 0 N–H and O–H groups in total. The van der Waals surface area contributed by atoms with Crippen LogP contribution >= 0.6 is 0 Å². The SMILES string of the molecule is CCC(C)(C)c1ccc2c(c1)C(c1ccc(OCCOC)cc1)(c1ccc(OCCOC)cc1)c1cc(C(C)(CC)CC)ccc1-2. The van der Waals surface area contributed by atoms with Crippen LogP contribution in [0.15, 0.2) is 84.9 Å². The van der Waals surface area contributed by atoms with Gasteiger partial charge in [0.2, 0.25) is 0 Å². The molecule has 0 radical (unpaired) electrons. The molecule has 46 heavy (non-hydrogen) atoms. The van der Waals surface area contributed by atoms with Gasteiger partial charge in [-0.1, -0.05) is 102 Å². The number of methoxy groups -OCH3 is 2. The van der Waals surface area contributed by atoms with E-state index in [1.165, 1.54) is 44.5 Å². The van der Waals surface area contributed by atoms with Gasteiger partial charge in [0.05, 0.1) is 18.6 Å². The van der Waals surface area contributed by atoms with Crippen LogP contribution in [0.1, 0.15) is 94.2 Å². The molecule has 0 saturated carbocycles. The molecule has 4 aromatic carbocycles. The Bertz CT molecular complexity index is 1540. The highest BCUT2D eigenvalue weighted by Gasteiger charge is 2.47. The van der Waals surface area contributed by atoms with Gasteiger partial charge in [0.15, 0.2) is 0 Å². The summed E-state index contributed by atoms with van der Waals surface area (Å²) in [5.74, 6) is 1.69. The summed E-state index contributed by atoms with van der Waals surface area (Å²) in [6.07, 6.45) is 3.22. The Hall–Kier alpha value is -3.60. The van der Waals surface area contributed by atoms with E-state index in [4.69, 9.17) is 18.9 Å². The number of rotatable bonds is 15. The largest absolute Gasteiger partial charge is 0.491 e. The van der Waals surface area contributed by atoms with Crippen LogP contribution in [0.2, 0.25) is 0 Å². The van der Waals surface area contributed by atoms with Gasteiger partial charge in [-0.05, 0) is 98.9 Å². The Labute approximate surface area is 277 Å². The molecule has 0 amide bonds. The molecule has 0 aliphatic heterocycles. The predicted molar refractivity (Wildman–Crippen MR) is 190 cm³/mol. The van der Waals surface area contributed by atoms with Crippen LogP contribution in [-0.4, -0.2) is 40.6 Å². The van der Waals surface area contributed by atoms with Crippen molar-refractivity contribution in [2.75, 3.05) is 40.6 Å².